The van der Waals surface area contributed by atoms with E-state index in [0.717, 1.165) is 0 Å². The third-order valence-electron chi connectivity index (χ3n) is 2.15. The van der Waals surface area contributed by atoms with E-state index in [2.05, 4.69) is 16.5 Å². The number of anilines is 1. The number of fused-ring (bicyclic) bond motifs is 1. The molecule has 2 N–H and O–H groups in total. The van der Waals surface area contributed by atoms with Crippen molar-refractivity contribution in [1.29, 1.82) is 0 Å². The summed E-state index contributed by atoms with van der Waals surface area (Å²) in [5, 5.41) is 0.621. The highest BCUT2D eigenvalue weighted by Crippen LogP contribution is 2.17. The van der Waals surface area contributed by atoms with E-state index in [1.807, 2.05) is 6.07 Å². The van der Waals surface area contributed by atoms with Crippen molar-refractivity contribution >= 4 is 22.8 Å². The van der Waals surface area contributed by atoms with E-state index in [4.69, 9.17) is 10.5 Å². The van der Waals surface area contributed by atoms with Crippen LogP contribution >= 0.6 is 0 Å². The maximum atomic E-state index is 11.8. The van der Waals surface area contributed by atoms with Gasteiger partial charge in [-0.1, -0.05) is 30.9 Å². The molecule has 0 aliphatic rings. The number of nitrogens with zero attached hydrogens (tertiary/aromatic N) is 2. The minimum Gasteiger partial charge on any atom is -0.457 e. The number of esters is 1. The van der Waals surface area contributed by atoms with Crippen LogP contribution in [0.1, 0.15) is 10.5 Å². The van der Waals surface area contributed by atoms with Crippen LogP contribution in [-0.2, 0) is 4.74 Å². The van der Waals surface area contributed by atoms with Gasteiger partial charge in [-0.3, -0.25) is 0 Å². The fourth-order valence-corrected chi connectivity index (χ4v) is 1.45. The average Bonchev–Trinajstić information content (AvgIpc) is 2.34. The standard InChI is InChI=1S/C12H11N3O2/c1-2-7-17-11(16)10-8-5-3-4-6-9(8)14-12(13)15-10/h2-6H,1,7H2,(H2,13,14,15). The summed E-state index contributed by atoms with van der Waals surface area (Å²) in [5.74, 6) is -0.482. The molecule has 5 nitrogen and oxygen atoms in total. The third-order valence-corrected chi connectivity index (χ3v) is 2.15. The molecule has 17 heavy (non-hydrogen) atoms. The molecule has 0 atom stereocenters. The van der Waals surface area contributed by atoms with Crippen LogP contribution in [0.25, 0.3) is 10.9 Å². The Hall–Kier alpha value is -2.43. The molecule has 0 bridgehead atoms. The molecule has 0 spiro atoms. The number of rotatable bonds is 3. The third kappa shape index (κ3) is 2.23. The molecule has 0 unspecified atom stereocenters. The molecule has 0 saturated carbocycles. The smallest absolute Gasteiger partial charge is 0.358 e. The zero-order valence-corrected chi connectivity index (χ0v) is 9.09. The monoisotopic (exact) mass is 229 g/mol. The first-order valence-electron chi connectivity index (χ1n) is 5.02. The normalized spacial score (nSPS) is 10.1. The Bertz CT molecular complexity index is 581. The fourth-order valence-electron chi connectivity index (χ4n) is 1.45. The van der Waals surface area contributed by atoms with E-state index in [1.54, 1.807) is 18.2 Å². The van der Waals surface area contributed by atoms with Crippen LogP contribution in [0, 0.1) is 0 Å². The summed E-state index contributed by atoms with van der Waals surface area (Å²) in [6.07, 6.45) is 1.49. The maximum Gasteiger partial charge on any atom is 0.358 e. The second kappa shape index (κ2) is 4.61. The van der Waals surface area contributed by atoms with E-state index >= 15 is 0 Å². The first-order valence-corrected chi connectivity index (χ1v) is 5.02. The first kappa shape index (κ1) is 11.1. The van der Waals surface area contributed by atoms with Crippen LogP contribution in [0.15, 0.2) is 36.9 Å². The molecule has 86 valence electrons. The van der Waals surface area contributed by atoms with Crippen LogP contribution in [0.2, 0.25) is 0 Å². The molecule has 2 rings (SSSR count). The highest BCUT2D eigenvalue weighted by Gasteiger charge is 2.14. The zero-order chi connectivity index (χ0) is 12.3. The lowest BCUT2D eigenvalue weighted by Gasteiger charge is -2.05. The molecule has 0 aliphatic carbocycles. The van der Waals surface area contributed by atoms with Gasteiger partial charge >= 0.3 is 5.97 Å². The Morgan fingerprint density at radius 2 is 2.18 bits per heavy atom. The van der Waals surface area contributed by atoms with Crippen LogP contribution < -0.4 is 5.73 Å². The van der Waals surface area contributed by atoms with Gasteiger partial charge in [0, 0.05) is 5.39 Å². The van der Waals surface area contributed by atoms with Crippen LogP contribution in [0.5, 0.6) is 0 Å². The molecular weight excluding hydrogens is 218 g/mol. The summed E-state index contributed by atoms with van der Waals surface area (Å²) >= 11 is 0. The number of ether oxygens (including phenoxy) is 1. The second-order valence-electron chi connectivity index (χ2n) is 3.33. The Labute approximate surface area is 97.9 Å². The molecule has 1 aromatic heterocycles. The summed E-state index contributed by atoms with van der Waals surface area (Å²) in [4.78, 5) is 19.7. The fraction of sp³-hybridized carbons (Fsp3) is 0.0833. The van der Waals surface area contributed by atoms with E-state index in [0.29, 0.717) is 10.9 Å². The van der Waals surface area contributed by atoms with Crippen LogP contribution in [0.3, 0.4) is 0 Å². The summed E-state index contributed by atoms with van der Waals surface area (Å²) in [6, 6.07) is 7.12. The van der Waals surface area contributed by atoms with Crippen molar-refractivity contribution in [2.24, 2.45) is 0 Å². The number of para-hydroxylation sites is 1. The van der Waals surface area contributed by atoms with Gasteiger partial charge in [0.1, 0.15) is 6.61 Å². The molecule has 0 aliphatic heterocycles. The first-order chi connectivity index (χ1) is 8.22. The average molecular weight is 229 g/mol. The summed E-state index contributed by atoms with van der Waals surface area (Å²) in [5.41, 5.74) is 6.33. The number of nitrogens with two attached hydrogens (primary N) is 1. The number of hydrogen-bond acceptors (Lipinski definition) is 5. The zero-order valence-electron chi connectivity index (χ0n) is 9.09. The Morgan fingerprint density at radius 1 is 1.41 bits per heavy atom. The summed E-state index contributed by atoms with van der Waals surface area (Å²) in [7, 11) is 0. The largest absolute Gasteiger partial charge is 0.457 e. The summed E-state index contributed by atoms with van der Waals surface area (Å²) in [6.45, 7) is 3.61. The number of carbonyl (C=O) groups excluding carboxylic acids is 1. The van der Waals surface area contributed by atoms with Crippen molar-refractivity contribution in [3.63, 3.8) is 0 Å². The Balaban J connectivity index is 2.51. The van der Waals surface area contributed by atoms with Gasteiger partial charge in [0.15, 0.2) is 5.69 Å². The maximum absolute atomic E-state index is 11.8. The van der Waals surface area contributed by atoms with E-state index in [9.17, 15) is 4.79 Å². The Morgan fingerprint density at radius 3 is 2.94 bits per heavy atom. The Kier molecular flexibility index (Phi) is 3.00. The van der Waals surface area contributed by atoms with Crippen LogP contribution in [-0.4, -0.2) is 22.5 Å². The van der Waals surface area contributed by atoms with E-state index in [1.165, 1.54) is 6.08 Å². The molecule has 0 fully saturated rings. The van der Waals surface area contributed by atoms with E-state index in [-0.39, 0.29) is 18.2 Å². The number of aromatic nitrogens is 2. The molecular formula is C12H11N3O2. The predicted molar refractivity (Wildman–Crippen MR) is 64.4 cm³/mol. The van der Waals surface area contributed by atoms with Crippen molar-refractivity contribution in [3.8, 4) is 0 Å². The lowest BCUT2D eigenvalue weighted by atomic mass is 10.2. The van der Waals surface area contributed by atoms with Gasteiger partial charge in [-0.2, -0.15) is 0 Å². The SMILES string of the molecule is C=CCOC(=O)c1nc(N)nc2ccccc12. The molecule has 5 heteroatoms. The second-order valence-corrected chi connectivity index (χ2v) is 3.33. The van der Waals surface area contributed by atoms with Gasteiger partial charge in [0.05, 0.1) is 5.52 Å². The van der Waals surface area contributed by atoms with Crippen LogP contribution in [0.4, 0.5) is 5.95 Å². The summed E-state index contributed by atoms with van der Waals surface area (Å²) < 4.78 is 4.94. The number of hydrogen-bond donors (Lipinski definition) is 1. The quantitative estimate of drug-likeness (QED) is 0.638. The van der Waals surface area contributed by atoms with Gasteiger partial charge in [0.25, 0.3) is 0 Å². The van der Waals surface area contributed by atoms with Crippen molar-refractivity contribution in [2.45, 2.75) is 0 Å². The lowest BCUT2D eigenvalue weighted by molar-refractivity contribution is 0.0545. The molecule has 1 aromatic carbocycles. The minimum atomic E-state index is -0.532. The van der Waals surface area contributed by atoms with Crippen molar-refractivity contribution < 1.29 is 9.53 Å². The molecule has 1 heterocycles. The lowest BCUT2D eigenvalue weighted by Crippen LogP contribution is -2.10. The molecule has 0 saturated heterocycles. The van der Waals surface area contributed by atoms with Gasteiger partial charge in [0.2, 0.25) is 5.95 Å². The van der Waals surface area contributed by atoms with Crippen molar-refractivity contribution in [1.82, 2.24) is 9.97 Å². The van der Waals surface area contributed by atoms with Gasteiger partial charge < -0.3 is 10.5 Å². The predicted octanol–water partition coefficient (Wildman–Crippen LogP) is 1.55. The van der Waals surface area contributed by atoms with Gasteiger partial charge in [-0.15, -0.1) is 0 Å². The van der Waals surface area contributed by atoms with Crippen molar-refractivity contribution in [3.05, 3.63) is 42.6 Å². The van der Waals surface area contributed by atoms with Gasteiger partial charge in [-0.25, -0.2) is 14.8 Å². The molecule has 0 radical (unpaired) electrons. The van der Waals surface area contributed by atoms with Crippen molar-refractivity contribution in [2.75, 3.05) is 12.3 Å². The minimum absolute atomic E-state index is 0.0502. The number of benzene rings is 1. The van der Waals surface area contributed by atoms with E-state index < -0.39 is 5.97 Å². The number of carbonyl (C=O) groups is 1. The molecule has 0 amide bonds. The number of nitrogen functional groups attached to an aromatic ring is 1. The highest BCUT2D eigenvalue weighted by molar-refractivity contribution is 6.01. The highest BCUT2D eigenvalue weighted by atomic mass is 16.5. The topological polar surface area (TPSA) is 78.1 Å². The molecule has 2 aromatic rings. The van der Waals surface area contributed by atoms with Gasteiger partial charge in [-0.05, 0) is 6.07 Å².